The van der Waals surface area contributed by atoms with Crippen LogP contribution in [0.2, 0.25) is 0 Å². The van der Waals surface area contributed by atoms with Crippen molar-refractivity contribution >= 4 is 11.8 Å². The largest absolute Gasteiger partial charge is 0.484 e. The van der Waals surface area contributed by atoms with Gasteiger partial charge in [0, 0.05) is 5.56 Å². The highest BCUT2D eigenvalue weighted by atomic mass is 16.5. The summed E-state index contributed by atoms with van der Waals surface area (Å²) in [7, 11) is 0. The third-order valence-corrected chi connectivity index (χ3v) is 3.20. The summed E-state index contributed by atoms with van der Waals surface area (Å²) >= 11 is 0. The summed E-state index contributed by atoms with van der Waals surface area (Å²) < 4.78 is 11.0. The highest BCUT2D eigenvalue weighted by molar-refractivity contribution is 5.97. The first-order chi connectivity index (χ1) is 10.6. The van der Waals surface area contributed by atoms with E-state index < -0.39 is 12.1 Å². The molecule has 0 bridgehead atoms. The Labute approximate surface area is 126 Å². The maximum atomic E-state index is 12.0. The smallest absolute Gasteiger partial charge is 0.258 e. The summed E-state index contributed by atoms with van der Waals surface area (Å²) in [6.45, 7) is -0.177. The number of ether oxygens (including phenoxy) is 2. The molecule has 0 saturated heterocycles. The van der Waals surface area contributed by atoms with Crippen LogP contribution in [0.4, 0.5) is 0 Å². The number of nitrogens with two attached hydrogens (primary N) is 1. The molecule has 0 radical (unpaired) electrons. The van der Waals surface area contributed by atoms with Gasteiger partial charge in [0.15, 0.2) is 12.8 Å². The second-order valence-corrected chi connectivity index (χ2v) is 4.79. The topological polar surface area (TPSA) is 90.7 Å². The van der Waals surface area contributed by atoms with E-state index in [0.29, 0.717) is 17.1 Å². The van der Waals surface area contributed by atoms with Crippen molar-refractivity contribution in [1.29, 1.82) is 0 Å². The Hall–Kier alpha value is -3.02. The number of hydrogen-bond donors (Lipinski definition) is 2. The number of benzene rings is 2. The summed E-state index contributed by atoms with van der Waals surface area (Å²) in [6, 6.07) is 14.0. The number of primary amides is 1. The van der Waals surface area contributed by atoms with Gasteiger partial charge in [0.2, 0.25) is 0 Å². The molecule has 112 valence electrons. The molecule has 6 heteroatoms. The first-order valence-electron chi connectivity index (χ1n) is 6.71. The molecule has 0 aromatic heterocycles. The lowest BCUT2D eigenvalue weighted by atomic mass is 10.1. The lowest BCUT2D eigenvalue weighted by Crippen LogP contribution is -2.36. The van der Waals surface area contributed by atoms with Gasteiger partial charge in [-0.3, -0.25) is 9.59 Å². The van der Waals surface area contributed by atoms with E-state index in [1.54, 1.807) is 42.5 Å². The molecule has 2 aromatic rings. The van der Waals surface area contributed by atoms with E-state index in [4.69, 9.17) is 15.2 Å². The van der Waals surface area contributed by atoms with Crippen LogP contribution in [0.3, 0.4) is 0 Å². The van der Waals surface area contributed by atoms with E-state index in [0.717, 1.165) is 5.56 Å². The summed E-state index contributed by atoms with van der Waals surface area (Å²) in [5, 5.41) is 2.78. The first-order valence-corrected chi connectivity index (χ1v) is 6.71. The van der Waals surface area contributed by atoms with Crippen LogP contribution in [0.1, 0.15) is 22.1 Å². The zero-order valence-corrected chi connectivity index (χ0v) is 11.6. The number of carbonyl (C=O) groups is 2. The monoisotopic (exact) mass is 298 g/mol. The molecule has 1 aliphatic rings. The summed E-state index contributed by atoms with van der Waals surface area (Å²) in [5.41, 5.74) is 6.30. The highest BCUT2D eigenvalue weighted by Crippen LogP contribution is 2.29. The van der Waals surface area contributed by atoms with Gasteiger partial charge in [-0.1, -0.05) is 12.1 Å². The SMILES string of the molecule is NC(=O)COc1ccc([C@@H]2NC(=O)c3ccccc3O2)cc1. The fourth-order valence-electron chi connectivity index (χ4n) is 2.15. The van der Waals surface area contributed by atoms with Crippen LogP contribution in [-0.4, -0.2) is 18.4 Å². The van der Waals surface area contributed by atoms with Crippen molar-refractivity contribution in [3.05, 3.63) is 59.7 Å². The minimum Gasteiger partial charge on any atom is -0.484 e. The molecule has 2 amide bonds. The van der Waals surface area contributed by atoms with E-state index in [9.17, 15) is 9.59 Å². The minimum absolute atomic E-state index is 0.177. The molecule has 0 saturated carbocycles. The number of fused-ring (bicyclic) bond motifs is 1. The molecule has 0 aliphatic carbocycles. The van der Waals surface area contributed by atoms with Crippen molar-refractivity contribution in [2.24, 2.45) is 5.73 Å². The van der Waals surface area contributed by atoms with Gasteiger partial charge in [-0.25, -0.2) is 0 Å². The second kappa shape index (κ2) is 5.77. The zero-order chi connectivity index (χ0) is 15.5. The van der Waals surface area contributed by atoms with Crippen molar-refractivity contribution in [2.75, 3.05) is 6.61 Å². The van der Waals surface area contributed by atoms with Gasteiger partial charge < -0.3 is 20.5 Å². The first kappa shape index (κ1) is 13.9. The van der Waals surface area contributed by atoms with Crippen LogP contribution in [-0.2, 0) is 4.79 Å². The average molecular weight is 298 g/mol. The number of rotatable bonds is 4. The van der Waals surface area contributed by atoms with Gasteiger partial charge in [0.05, 0.1) is 5.56 Å². The molecule has 6 nitrogen and oxygen atoms in total. The van der Waals surface area contributed by atoms with Crippen molar-refractivity contribution in [2.45, 2.75) is 6.23 Å². The van der Waals surface area contributed by atoms with Gasteiger partial charge in [0.25, 0.3) is 11.8 Å². The Morgan fingerprint density at radius 1 is 1.18 bits per heavy atom. The van der Waals surface area contributed by atoms with Crippen LogP contribution < -0.4 is 20.5 Å². The number of hydrogen-bond acceptors (Lipinski definition) is 4. The standard InChI is InChI=1S/C16H14N2O4/c17-14(19)9-21-11-7-5-10(6-8-11)16-18-15(20)12-3-1-2-4-13(12)22-16/h1-8,16H,9H2,(H2,17,19)(H,18,20)/t16-/m1/s1. The summed E-state index contributed by atoms with van der Waals surface area (Å²) in [5.74, 6) is 0.347. The van der Waals surface area contributed by atoms with E-state index in [2.05, 4.69) is 5.32 Å². The molecule has 3 rings (SSSR count). The van der Waals surface area contributed by atoms with E-state index in [1.165, 1.54) is 0 Å². The lowest BCUT2D eigenvalue weighted by molar-refractivity contribution is -0.119. The fraction of sp³-hybridized carbons (Fsp3) is 0.125. The molecule has 3 N–H and O–H groups in total. The molecule has 0 spiro atoms. The van der Waals surface area contributed by atoms with E-state index in [1.807, 2.05) is 6.07 Å². The fourth-order valence-corrected chi connectivity index (χ4v) is 2.15. The molecule has 1 heterocycles. The molecule has 0 unspecified atom stereocenters. The quantitative estimate of drug-likeness (QED) is 0.892. The molecule has 1 aliphatic heterocycles. The molecule has 22 heavy (non-hydrogen) atoms. The number of carbonyl (C=O) groups excluding carboxylic acids is 2. The van der Waals surface area contributed by atoms with Crippen LogP contribution in [0.5, 0.6) is 11.5 Å². The van der Waals surface area contributed by atoms with Gasteiger partial charge in [0.1, 0.15) is 11.5 Å². The van der Waals surface area contributed by atoms with Crippen LogP contribution in [0.15, 0.2) is 48.5 Å². The molecular weight excluding hydrogens is 284 g/mol. The average Bonchev–Trinajstić information content (AvgIpc) is 2.53. The predicted octanol–water partition coefficient (Wildman–Crippen LogP) is 1.37. The van der Waals surface area contributed by atoms with Crippen LogP contribution >= 0.6 is 0 Å². The number of amides is 2. The summed E-state index contributed by atoms with van der Waals surface area (Å²) in [4.78, 5) is 22.7. The molecule has 2 aromatic carbocycles. The Kier molecular flexibility index (Phi) is 3.65. The van der Waals surface area contributed by atoms with Gasteiger partial charge >= 0.3 is 0 Å². The third kappa shape index (κ3) is 2.85. The molecule has 1 atom stereocenters. The van der Waals surface area contributed by atoms with E-state index in [-0.39, 0.29) is 12.5 Å². The molecular formula is C16H14N2O4. The van der Waals surface area contributed by atoms with Gasteiger partial charge in [-0.15, -0.1) is 0 Å². The Balaban J connectivity index is 1.75. The number of nitrogens with one attached hydrogen (secondary N) is 1. The normalized spacial score (nSPS) is 16.2. The highest BCUT2D eigenvalue weighted by Gasteiger charge is 2.26. The predicted molar refractivity (Wildman–Crippen MR) is 78.4 cm³/mol. The second-order valence-electron chi connectivity index (χ2n) is 4.79. The van der Waals surface area contributed by atoms with Gasteiger partial charge in [-0.05, 0) is 36.4 Å². The zero-order valence-electron chi connectivity index (χ0n) is 11.6. The maximum Gasteiger partial charge on any atom is 0.258 e. The van der Waals surface area contributed by atoms with Crippen molar-refractivity contribution in [3.63, 3.8) is 0 Å². The van der Waals surface area contributed by atoms with Crippen LogP contribution in [0.25, 0.3) is 0 Å². The molecule has 0 fully saturated rings. The van der Waals surface area contributed by atoms with Crippen molar-refractivity contribution in [3.8, 4) is 11.5 Å². The third-order valence-electron chi connectivity index (χ3n) is 3.20. The van der Waals surface area contributed by atoms with Gasteiger partial charge in [-0.2, -0.15) is 0 Å². The Bertz CT molecular complexity index is 712. The van der Waals surface area contributed by atoms with E-state index >= 15 is 0 Å². The Morgan fingerprint density at radius 3 is 2.64 bits per heavy atom. The van der Waals surface area contributed by atoms with Crippen molar-refractivity contribution < 1.29 is 19.1 Å². The lowest BCUT2D eigenvalue weighted by Gasteiger charge is -2.27. The minimum atomic E-state index is -0.562. The summed E-state index contributed by atoms with van der Waals surface area (Å²) in [6.07, 6.45) is -0.562. The van der Waals surface area contributed by atoms with Crippen LogP contribution in [0, 0.1) is 0 Å². The Morgan fingerprint density at radius 2 is 1.91 bits per heavy atom. The maximum absolute atomic E-state index is 12.0. The number of para-hydroxylation sites is 1. The van der Waals surface area contributed by atoms with Crippen molar-refractivity contribution in [1.82, 2.24) is 5.32 Å².